The second-order valence-corrected chi connectivity index (χ2v) is 3.86. The molecule has 1 unspecified atom stereocenters. The highest BCUT2D eigenvalue weighted by Gasteiger charge is 2.15. The van der Waals surface area contributed by atoms with Crippen molar-refractivity contribution < 1.29 is 0 Å². The van der Waals surface area contributed by atoms with Gasteiger partial charge in [-0.2, -0.15) is 0 Å². The van der Waals surface area contributed by atoms with E-state index in [2.05, 4.69) is 33.4 Å². The summed E-state index contributed by atoms with van der Waals surface area (Å²) in [6.45, 7) is 10.6. The molecule has 1 atom stereocenters. The molecule has 0 nitrogen and oxygen atoms in total. The van der Waals surface area contributed by atoms with Gasteiger partial charge in [0, 0.05) is 0 Å². The van der Waals surface area contributed by atoms with Crippen molar-refractivity contribution in [2.24, 2.45) is 5.92 Å². The fourth-order valence-corrected chi connectivity index (χ4v) is 2.20. The Morgan fingerprint density at radius 3 is 2.85 bits per heavy atom. The van der Waals surface area contributed by atoms with E-state index >= 15 is 0 Å². The maximum Gasteiger partial charge on any atom is -0.0101 e. The summed E-state index contributed by atoms with van der Waals surface area (Å²) in [5.74, 6) is 0.749. The highest BCUT2D eigenvalue weighted by atomic mass is 14.2. The van der Waals surface area contributed by atoms with Gasteiger partial charge in [0.2, 0.25) is 0 Å². The first kappa shape index (κ1) is 10.3. The molecule has 0 aromatic rings. The van der Waals surface area contributed by atoms with E-state index in [-0.39, 0.29) is 0 Å². The van der Waals surface area contributed by atoms with Crippen LogP contribution in [-0.2, 0) is 0 Å². The summed E-state index contributed by atoms with van der Waals surface area (Å²) in [7, 11) is 0. The maximum atomic E-state index is 3.80. The molecule has 1 aliphatic rings. The lowest BCUT2D eigenvalue weighted by Crippen LogP contribution is -2.07. The van der Waals surface area contributed by atoms with E-state index in [9.17, 15) is 0 Å². The molecule has 0 heterocycles. The van der Waals surface area contributed by atoms with Crippen LogP contribution in [0, 0.1) is 5.92 Å². The molecular weight excluding hydrogens is 156 g/mol. The van der Waals surface area contributed by atoms with Gasteiger partial charge in [-0.1, -0.05) is 31.6 Å². The summed E-state index contributed by atoms with van der Waals surface area (Å²) < 4.78 is 0. The third-order valence-electron chi connectivity index (χ3n) is 3.02. The van der Waals surface area contributed by atoms with Crippen molar-refractivity contribution in [1.29, 1.82) is 0 Å². The summed E-state index contributed by atoms with van der Waals surface area (Å²) >= 11 is 0. The third kappa shape index (κ3) is 2.12. The highest BCUT2D eigenvalue weighted by Crippen LogP contribution is 2.32. The minimum atomic E-state index is 0.749. The Balaban J connectivity index is 2.91. The zero-order valence-electron chi connectivity index (χ0n) is 9.06. The smallest absolute Gasteiger partial charge is 0.0101 e. The minimum Gasteiger partial charge on any atom is -0.103 e. The highest BCUT2D eigenvalue weighted by molar-refractivity contribution is 5.39. The quantitative estimate of drug-likeness (QED) is 0.564. The van der Waals surface area contributed by atoms with Gasteiger partial charge in [0.05, 0.1) is 0 Å². The Hall–Kier alpha value is -0.780. The van der Waals surface area contributed by atoms with Gasteiger partial charge in [-0.05, 0) is 43.3 Å². The molecule has 0 aromatic carbocycles. The van der Waals surface area contributed by atoms with Crippen LogP contribution in [0.15, 0.2) is 35.5 Å². The summed E-state index contributed by atoms with van der Waals surface area (Å²) in [6, 6.07) is 0. The molecule has 13 heavy (non-hydrogen) atoms. The van der Waals surface area contributed by atoms with Gasteiger partial charge in [0.25, 0.3) is 0 Å². The lowest BCUT2D eigenvalue weighted by atomic mass is 9.82. The standard InChI is InChI=1S/C13H20/c1-5-7-12-9-8-10(3)13(6-2)11(12)4/h5,9-10H,1,6-8H2,2-4H3. The van der Waals surface area contributed by atoms with E-state index < -0.39 is 0 Å². The molecule has 0 N–H and O–H groups in total. The first-order valence-corrected chi connectivity index (χ1v) is 5.20. The molecule has 0 heteroatoms. The van der Waals surface area contributed by atoms with Crippen LogP contribution in [0.25, 0.3) is 0 Å². The van der Waals surface area contributed by atoms with Gasteiger partial charge < -0.3 is 0 Å². The molecule has 0 radical (unpaired) electrons. The molecule has 72 valence electrons. The van der Waals surface area contributed by atoms with Crippen LogP contribution < -0.4 is 0 Å². The Morgan fingerprint density at radius 2 is 2.31 bits per heavy atom. The minimum absolute atomic E-state index is 0.749. The summed E-state index contributed by atoms with van der Waals surface area (Å²) in [5.41, 5.74) is 4.64. The molecule has 0 bridgehead atoms. The fourth-order valence-electron chi connectivity index (χ4n) is 2.20. The maximum absolute atomic E-state index is 3.80. The van der Waals surface area contributed by atoms with E-state index in [0.717, 1.165) is 12.3 Å². The van der Waals surface area contributed by atoms with Crippen LogP contribution in [0.3, 0.4) is 0 Å². The van der Waals surface area contributed by atoms with E-state index in [1.807, 2.05) is 6.08 Å². The molecule has 0 aromatic heterocycles. The largest absolute Gasteiger partial charge is 0.103 e. The van der Waals surface area contributed by atoms with Crippen LogP contribution in [0.4, 0.5) is 0 Å². The molecular formula is C13H20. The van der Waals surface area contributed by atoms with Crippen molar-refractivity contribution in [3.63, 3.8) is 0 Å². The van der Waals surface area contributed by atoms with Crippen LogP contribution in [0.1, 0.15) is 40.0 Å². The number of rotatable bonds is 3. The molecule has 0 fully saturated rings. The zero-order valence-corrected chi connectivity index (χ0v) is 9.06. The van der Waals surface area contributed by atoms with Crippen molar-refractivity contribution >= 4 is 0 Å². The number of hydrogen-bond acceptors (Lipinski definition) is 0. The van der Waals surface area contributed by atoms with E-state index in [1.165, 1.54) is 24.0 Å². The Morgan fingerprint density at radius 1 is 1.62 bits per heavy atom. The van der Waals surface area contributed by atoms with Gasteiger partial charge in [0.1, 0.15) is 0 Å². The second-order valence-electron chi connectivity index (χ2n) is 3.86. The summed E-state index contributed by atoms with van der Waals surface area (Å²) in [4.78, 5) is 0. The van der Waals surface area contributed by atoms with Crippen LogP contribution >= 0.6 is 0 Å². The lowest BCUT2D eigenvalue weighted by Gasteiger charge is -2.23. The van der Waals surface area contributed by atoms with Crippen molar-refractivity contribution in [3.8, 4) is 0 Å². The van der Waals surface area contributed by atoms with Gasteiger partial charge in [-0.15, -0.1) is 6.58 Å². The topological polar surface area (TPSA) is 0 Å². The SMILES string of the molecule is C=CCC1=CCC(C)C(CC)=C1C. The van der Waals surface area contributed by atoms with Crippen molar-refractivity contribution in [1.82, 2.24) is 0 Å². The molecule has 0 aliphatic heterocycles. The molecule has 0 saturated heterocycles. The Kier molecular flexibility index (Phi) is 3.53. The first-order chi connectivity index (χ1) is 6.20. The fraction of sp³-hybridized carbons (Fsp3) is 0.538. The van der Waals surface area contributed by atoms with Crippen molar-refractivity contribution in [2.45, 2.75) is 40.0 Å². The van der Waals surface area contributed by atoms with Crippen LogP contribution in [-0.4, -0.2) is 0 Å². The van der Waals surface area contributed by atoms with E-state index in [0.29, 0.717) is 0 Å². The molecule has 0 amide bonds. The van der Waals surface area contributed by atoms with E-state index in [1.54, 1.807) is 5.57 Å². The zero-order chi connectivity index (χ0) is 9.84. The van der Waals surface area contributed by atoms with Gasteiger partial charge in [-0.25, -0.2) is 0 Å². The lowest BCUT2D eigenvalue weighted by molar-refractivity contribution is 0.642. The van der Waals surface area contributed by atoms with Gasteiger partial charge >= 0.3 is 0 Å². The monoisotopic (exact) mass is 176 g/mol. The number of allylic oxidation sites excluding steroid dienone is 5. The summed E-state index contributed by atoms with van der Waals surface area (Å²) in [5, 5.41) is 0. The van der Waals surface area contributed by atoms with Crippen molar-refractivity contribution in [3.05, 3.63) is 35.5 Å². The van der Waals surface area contributed by atoms with Crippen LogP contribution in [0.5, 0.6) is 0 Å². The Labute approximate surface area is 82.0 Å². The molecule has 1 rings (SSSR count). The van der Waals surface area contributed by atoms with Gasteiger partial charge in [0.15, 0.2) is 0 Å². The number of hydrogen-bond donors (Lipinski definition) is 0. The average molecular weight is 176 g/mol. The summed E-state index contributed by atoms with van der Waals surface area (Å²) in [6.07, 6.45) is 7.81. The first-order valence-electron chi connectivity index (χ1n) is 5.20. The van der Waals surface area contributed by atoms with Crippen LogP contribution in [0.2, 0.25) is 0 Å². The predicted molar refractivity (Wildman–Crippen MR) is 59.7 cm³/mol. The Bertz CT molecular complexity index is 253. The normalized spacial score (nSPS) is 23.0. The average Bonchev–Trinajstić information content (AvgIpc) is 2.11. The van der Waals surface area contributed by atoms with Crippen molar-refractivity contribution in [2.75, 3.05) is 0 Å². The molecule has 1 aliphatic carbocycles. The predicted octanol–water partition coefficient (Wildman–Crippen LogP) is 4.26. The van der Waals surface area contributed by atoms with Gasteiger partial charge in [-0.3, -0.25) is 0 Å². The van der Waals surface area contributed by atoms with E-state index in [4.69, 9.17) is 0 Å². The second kappa shape index (κ2) is 4.45. The molecule has 0 spiro atoms. The molecule has 0 saturated carbocycles. The third-order valence-corrected chi connectivity index (χ3v) is 3.02.